The molecule has 11 heteroatoms. The lowest BCUT2D eigenvalue weighted by Crippen LogP contribution is -2.62. The van der Waals surface area contributed by atoms with Crippen LogP contribution in [-0.4, -0.2) is 96.9 Å². The molecule has 2 unspecified atom stereocenters. The summed E-state index contributed by atoms with van der Waals surface area (Å²) in [4.78, 5) is 0. The van der Waals surface area contributed by atoms with Crippen LogP contribution in [0.4, 0.5) is 0 Å². The van der Waals surface area contributed by atoms with Gasteiger partial charge in [0.25, 0.3) is 0 Å². The molecule has 11 nitrogen and oxygen atoms in total. The number of nitrogens with zero attached hydrogens (tertiary/aromatic N) is 1. The molecule has 0 aliphatic heterocycles. The van der Waals surface area contributed by atoms with Gasteiger partial charge in [-0.1, -0.05) is 0 Å². The minimum atomic E-state index is -0.767. The normalized spacial score (nSPS) is 15.0. The number of unbranched alkanes of at least 4 members (excludes halogenated alkanes) is 1. The van der Waals surface area contributed by atoms with E-state index in [-0.39, 0.29) is 12.8 Å². The Kier molecular flexibility index (Phi) is 19.2. The van der Waals surface area contributed by atoms with E-state index in [1.807, 2.05) is 5.12 Å². The molecule has 0 bridgehead atoms. The number of aliphatic hydroxyl groups excluding tert-OH is 1. The average molecular weight is 425 g/mol. The molecule has 0 amide bonds. The number of hydrogen-bond acceptors (Lipinski definition) is 11. The quantitative estimate of drug-likeness (QED) is 0.0718. The lowest BCUT2D eigenvalue weighted by atomic mass is 10.1. The molecule has 0 aromatic carbocycles. The van der Waals surface area contributed by atoms with Crippen LogP contribution in [-0.2, 0) is 18.9 Å². The van der Waals surface area contributed by atoms with Crippen LogP contribution in [0.15, 0.2) is 0 Å². The number of methoxy groups -OCH3 is 4. The van der Waals surface area contributed by atoms with Crippen LogP contribution < -0.4 is 27.2 Å². The van der Waals surface area contributed by atoms with Crippen molar-refractivity contribution in [2.24, 2.45) is 5.73 Å². The van der Waals surface area contributed by atoms with Crippen molar-refractivity contribution in [1.82, 2.24) is 26.6 Å². The summed E-state index contributed by atoms with van der Waals surface area (Å²) in [6, 6.07) is 0. The van der Waals surface area contributed by atoms with E-state index in [0.29, 0.717) is 45.9 Å². The summed E-state index contributed by atoms with van der Waals surface area (Å²) in [6.07, 6.45) is 3.39. The average Bonchev–Trinajstić information content (AvgIpc) is 2.74. The lowest BCUT2D eigenvalue weighted by molar-refractivity contribution is -0.0976. The third-order valence-corrected chi connectivity index (χ3v) is 4.37. The van der Waals surface area contributed by atoms with E-state index >= 15 is 0 Å². The Bertz CT molecular complexity index is 359. The second kappa shape index (κ2) is 19.5. The smallest absolute Gasteiger partial charge is 0.176 e. The standard InChI is InChI=1S/C18H44N6O5/c1-26-14-7-11-22-24(23-12-15-27-2)17(19)8-9-18(29-4,21-16-28-3)20-10-5-6-13-25/h17,20-23,25H,5-16,19H2,1-4H3. The summed E-state index contributed by atoms with van der Waals surface area (Å²) in [7, 11) is 6.61. The number of ether oxygens (including phenoxy) is 4. The Morgan fingerprint density at radius 2 is 1.62 bits per heavy atom. The van der Waals surface area contributed by atoms with E-state index in [1.54, 1.807) is 28.4 Å². The molecule has 176 valence electrons. The first-order valence-electron chi connectivity index (χ1n) is 10.2. The second-order valence-electron chi connectivity index (χ2n) is 6.63. The van der Waals surface area contributed by atoms with Gasteiger partial charge in [-0.05, 0) is 32.2 Å². The first-order valence-corrected chi connectivity index (χ1v) is 10.2. The van der Waals surface area contributed by atoms with Crippen LogP contribution in [0.3, 0.4) is 0 Å². The maximum absolute atomic E-state index is 8.98. The molecule has 0 saturated carbocycles. The van der Waals surface area contributed by atoms with Gasteiger partial charge in [-0.2, -0.15) is 5.12 Å². The molecule has 0 radical (unpaired) electrons. The predicted molar refractivity (Wildman–Crippen MR) is 112 cm³/mol. The van der Waals surface area contributed by atoms with Crippen LogP contribution in [0.25, 0.3) is 0 Å². The summed E-state index contributed by atoms with van der Waals surface area (Å²) in [5, 5.41) is 17.4. The monoisotopic (exact) mass is 424 g/mol. The fraction of sp³-hybridized carbons (Fsp3) is 1.00. The Labute approximate surface area is 175 Å². The number of rotatable bonds is 22. The van der Waals surface area contributed by atoms with Crippen molar-refractivity contribution < 1.29 is 24.1 Å². The largest absolute Gasteiger partial charge is 0.396 e. The Balaban J connectivity index is 4.77. The van der Waals surface area contributed by atoms with Gasteiger partial charge in [0.15, 0.2) is 5.85 Å². The first kappa shape index (κ1) is 28.6. The van der Waals surface area contributed by atoms with E-state index in [9.17, 15) is 0 Å². The van der Waals surface area contributed by atoms with Gasteiger partial charge in [-0.25, -0.2) is 10.9 Å². The van der Waals surface area contributed by atoms with E-state index in [4.69, 9.17) is 29.8 Å². The van der Waals surface area contributed by atoms with E-state index in [0.717, 1.165) is 25.8 Å². The topological polar surface area (TPSA) is 135 Å². The molecule has 0 heterocycles. The Morgan fingerprint density at radius 3 is 2.24 bits per heavy atom. The van der Waals surface area contributed by atoms with Crippen LogP contribution in [0.1, 0.15) is 32.1 Å². The molecule has 29 heavy (non-hydrogen) atoms. The summed E-state index contributed by atoms with van der Waals surface area (Å²) < 4.78 is 21.1. The minimum Gasteiger partial charge on any atom is -0.396 e. The van der Waals surface area contributed by atoms with Crippen molar-refractivity contribution in [1.29, 1.82) is 0 Å². The molecular formula is C18H44N6O5. The summed E-state index contributed by atoms with van der Waals surface area (Å²) in [5.74, 6) is -0.767. The molecule has 2 atom stereocenters. The van der Waals surface area contributed by atoms with Crippen LogP contribution in [0, 0.1) is 0 Å². The number of nitrogens with two attached hydrogens (primary N) is 1. The van der Waals surface area contributed by atoms with E-state index in [2.05, 4.69) is 21.5 Å². The highest BCUT2D eigenvalue weighted by Gasteiger charge is 2.30. The van der Waals surface area contributed by atoms with Gasteiger partial charge in [0, 0.05) is 61.2 Å². The van der Waals surface area contributed by atoms with Crippen LogP contribution in [0.2, 0.25) is 0 Å². The molecule has 0 aromatic heterocycles. The highest BCUT2D eigenvalue weighted by molar-refractivity contribution is 4.77. The molecule has 0 fully saturated rings. The van der Waals surface area contributed by atoms with Gasteiger partial charge < -0.3 is 29.8 Å². The predicted octanol–water partition coefficient (Wildman–Crippen LogP) is -1.10. The summed E-state index contributed by atoms with van der Waals surface area (Å²) in [5.41, 5.74) is 13.0. The molecule has 0 rings (SSSR count). The number of hydrogen-bond donors (Lipinski definition) is 6. The number of nitrogens with one attached hydrogen (secondary N) is 4. The van der Waals surface area contributed by atoms with Crippen molar-refractivity contribution in [3.63, 3.8) is 0 Å². The maximum atomic E-state index is 8.98. The van der Waals surface area contributed by atoms with Gasteiger partial charge >= 0.3 is 0 Å². The number of hydrazine groups is 2. The minimum absolute atomic E-state index is 0.175. The Morgan fingerprint density at radius 1 is 0.897 bits per heavy atom. The maximum Gasteiger partial charge on any atom is 0.176 e. The van der Waals surface area contributed by atoms with Crippen LogP contribution in [0.5, 0.6) is 0 Å². The lowest BCUT2D eigenvalue weighted by Gasteiger charge is -2.37. The SMILES string of the molecule is COCCCNN(NCCOC)C(N)CCC(NCCCCO)(NCOC)OC. The van der Waals surface area contributed by atoms with Gasteiger partial charge in [0.1, 0.15) is 0 Å². The van der Waals surface area contributed by atoms with Crippen molar-refractivity contribution in [3.05, 3.63) is 0 Å². The number of aliphatic hydroxyl groups is 1. The zero-order chi connectivity index (χ0) is 21.8. The van der Waals surface area contributed by atoms with Crippen molar-refractivity contribution >= 4 is 0 Å². The molecule has 0 aliphatic carbocycles. The summed E-state index contributed by atoms with van der Waals surface area (Å²) in [6.45, 7) is 3.84. The van der Waals surface area contributed by atoms with Crippen LogP contribution >= 0.6 is 0 Å². The van der Waals surface area contributed by atoms with Crippen molar-refractivity contribution in [2.75, 3.05) is 74.6 Å². The molecule has 0 saturated heterocycles. The zero-order valence-electron chi connectivity index (χ0n) is 18.7. The van der Waals surface area contributed by atoms with Crippen molar-refractivity contribution in [3.8, 4) is 0 Å². The molecule has 0 aliphatic rings. The fourth-order valence-electron chi connectivity index (χ4n) is 2.66. The van der Waals surface area contributed by atoms with E-state index < -0.39 is 5.85 Å². The van der Waals surface area contributed by atoms with Gasteiger partial charge in [-0.15, -0.1) is 0 Å². The molecule has 7 N–H and O–H groups in total. The first-order chi connectivity index (χ1) is 14.1. The Hall–Kier alpha value is -0.440. The molecular weight excluding hydrogens is 380 g/mol. The fourth-order valence-corrected chi connectivity index (χ4v) is 2.66. The second-order valence-corrected chi connectivity index (χ2v) is 6.63. The van der Waals surface area contributed by atoms with E-state index in [1.165, 1.54) is 0 Å². The van der Waals surface area contributed by atoms with Crippen molar-refractivity contribution in [2.45, 2.75) is 44.1 Å². The molecule has 0 spiro atoms. The third kappa shape index (κ3) is 14.2. The van der Waals surface area contributed by atoms with Gasteiger partial charge in [-0.3, -0.25) is 10.6 Å². The highest BCUT2D eigenvalue weighted by atomic mass is 16.5. The molecule has 0 aromatic rings. The van der Waals surface area contributed by atoms with Gasteiger partial charge in [0.2, 0.25) is 0 Å². The summed E-state index contributed by atoms with van der Waals surface area (Å²) >= 11 is 0. The third-order valence-electron chi connectivity index (χ3n) is 4.37. The highest BCUT2D eigenvalue weighted by Crippen LogP contribution is 2.13. The zero-order valence-corrected chi connectivity index (χ0v) is 18.7. The van der Waals surface area contributed by atoms with Gasteiger partial charge in [0.05, 0.1) is 19.5 Å².